The van der Waals surface area contributed by atoms with Crippen LogP contribution in [0.2, 0.25) is 0 Å². The molecule has 1 N–H and O–H groups in total. The third-order valence-corrected chi connectivity index (χ3v) is 6.07. The van der Waals surface area contributed by atoms with Crippen molar-refractivity contribution in [1.29, 1.82) is 0 Å². The Morgan fingerprint density at radius 3 is 2.08 bits per heavy atom. The third kappa shape index (κ3) is 1.71. The zero-order valence-electron chi connectivity index (χ0n) is 13.5. The van der Waals surface area contributed by atoms with Crippen molar-refractivity contribution in [2.45, 2.75) is 24.3 Å². The molecule has 6 rings (SSSR count). The third-order valence-electron chi connectivity index (χ3n) is 6.07. The Labute approximate surface area is 159 Å². The van der Waals surface area contributed by atoms with Gasteiger partial charge in [0.05, 0.1) is 22.6 Å². The number of hydrogen-bond acceptors (Lipinski definition) is 4. The van der Waals surface area contributed by atoms with E-state index in [0.717, 1.165) is 5.56 Å². The zero-order valence-corrected chi connectivity index (χ0v) is 14.5. The minimum Gasteiger partial charge on any atom is -0.481 e. The van der Waals surface area contributed by atoms with Crippen LogP contribution in [0.5, 0.6) is 0 Å². The maximum atomic E-state index is 12.8. The van der Waals surface area contributed by atoms with Gasteiger partial charge in [-0.25, -0.2) is 0 Å². The summed E-state index contributed by atoms with van der Waals surface area (Å²) >= 11 is 0. The Hall–Kier alpha value is -2.53. The minimum absolute atomic E-state index is 0. The van der Waals surface area contributed by atoms with E-state index in [9.17, 15) is 19.5 Å². The fourth-order valence-corrected chi connectivity index (χ4v) is 4.98. The molecule has 1 unspecified atom stereocenters. The number of rotatable bonds is 3. The van der Waals surface area contributed by atoms with Gasteiger partial charge in [-0.2, -0.15) is 0 Å². The fraction of sp³-hybridized carbons (Fsp3) is 0.263. The van der Waals surface area contributed by atoms with E-state index in [-0.39, 0.29) is 16.5 Å². The van der Waals surface area contributed by atoms with Crippen molar-refractivity contribution in [2.24, 2.45) is 5.41 Å². The molecule has 0 radical (unpaired) electrons. The molecule has 134 valence electrons. The molecule has 3 fully saturated rings. The first kappa shape index (κ1) is 16.9. The number of amides is 2. The summed E-state index contributed by atoms with van der Waals surface area (Å²) in [5.41, 5.74) is 0.131. The molecule has 1 aromatic carbocycles. The summed E-state index contributed by atoms with van der Waals surface area (Å²) in [6.07, 6.45) is 4.19. The van der Waals surface area contributed by atoms with Crippen molar-refractivity contribution >= 4 is 17.8 Å². The number of imide groups is 1. The quantitative estimate of drug-likeness (QED) is 0.636. The summed E-state index contributed by atoms with van der Waals surface area (Å²) in [5, 5.41) is 9.75. The van der Waals surface area contributed by atoms with Gasteiger partial charge >= 0.3 is 5.97 Å². The van der Waals surface area contributed by atoms with Crippen LogP contribution in [0, 0.1) is 5.41 Å². The molecule has 1 aromatic heterocycles. The van der Waals surface area contributed by atoms with Crippen LogP contribution in [0.25, 0.3) is 0 Å². The number of carbonyl (C=O) groups is 3. The predicted octanol–water partition coefficient (Wildman–Crippen LogP) is 1.86. The molecule has 0 spiro atoms. The average molecular weight is 393 g/mol. The Bertz CT molecular complexity index is 918. The van der Waals surface area contributed by atoms with E-state index >= 15 is 0 Å². The van der Waals surface area contributed by atoms with Gasteiger partial charge in [-0.05, 0) is 42.7 Å². The molecule has 1 atom stereocenters. The second kappa shape index (κ2) is 5.24. The van der Waals surface area contributed by atoms with Crippen molar-refractivity contribution in [2.75, 3.05) is 0 Å². The van der Waals surface area contributed by atoms with Gasteiger partial charge in [-0.15, -0.1) is 0 Å². The Morgan fingerprint density at radius 1 is 1.04 bits per heavy atom. The predicted molar refractivity (Wildman–Crippen MR) is 85.9 cm³/mol. The molecular formula is C19H14N2NiO4. The van der Waals surface area contributed by atoms with E-state index in [1.807, 2.05) is 12.1 Å². The van der Waals surface area contributed by atoms with Crippen molar-refractivity contribution < 1.29 is 36.0 Å². The molecule has 26 heavy (non-hydrogen) atoms. The molecule has 2 aromatic rings. The Balaban J connectivity index is 0.00000168. The van der Waals surface area contributed by atoms with Gasteiger partial charge in [0.15, 0.2) is 0 Å². The molecule has 0 saturated heterocycles. The van der Waals surface area contributed by atoms with Gasteiger partial charge in [0.2, 0.25) is 0 Å². The number of benzene rings is 1. The molecule has 3 saturated carbocycles. The van der Waals surface area contributed by atoms with Gasteiger partial charge in [-0.3, -0.25) is 24.3 Å². The number of aliphatic carboxylic acids is 1. The first-order valence-corrected chi connectivity index (χ1v) is 8.12. The van der Waals surface area contributed by atoms with Gasteiger partial charge in [0, 0.05) is 34.3 Å². The Kier molecular flexibility index (Phi) is 3.41. The zero-order chi connectivity index (χ0) is 17.4. The van der Waals surface area contributed by atoms with Crippen molar-refractivity contribution in [3.8, 4) is 0 Å². The van der Waals surface area contributed by atoms with E-state index < -0.39 is 34.7 Å². The minimum atomic E-state index is -1.03. The molecule has 4 aliphatic rings. The van der Waals surface area contributed by atoms with Crippen LogP contribution in [-0.4, -0.2) is 38.8 Å². The average Bonchev–Trinajstić information content (AvgIpc) is 2.80. The molecule has 2 bridgehead atoms. The summed E-state index contributed by atoms with van der Waals surface area (Å²) in [6.45, 7) is 0. The number of carboxylic acid groups (broad SMARTS) is 1. The molecule has 7 heteroatoms. The number of carbonyl (C=O) groups excluding carboxylic acids is 2. The molecule has 2 heterocycles. The van der Waals surface area contributed by atoms with Crippen LogP contribution in [0.4, 0.5) is 0 Å². The van der Waals surface area contributed by atoms with Crippen LogP contribution >= 0.6 is 0 Å². The SMILES string of the molecule is O=C1c2ccccc2C(=O)N1C1C2(C(=O)O)CC1(c1ccncc1)C2.[Ni]. The van der Waals surface area contributed by atoms with E-state index in [4.69, 9.17) is 0 Å². The smallest absolute Gasteiger partial charge is 0.311 e. The van der Waals surface area contributed by atoms with Crippen LogP contribution in [0.1, 0.15) is 39.1 Å². The first-order valence-electron chi connectivity index (χ1n) is 8.12. The summed E-state index contributed by atoms with van der Waals surface area (Å²) in [5.74, 6) is -1.73. The van der Waals surface area contributed by atoms with Gasteiger partial charge in [0.1, 0.15) is 0 Å². The molecule has 1 aliphatic heterocycles. The van der Waals surface area contributed by atoms with Crippen molar-refractivity contribution in [3.05, 3.63) is 65.5 Å². The second-order valence-electron chi connectivity index (χ2n) is 7.14. The Morgan fingerprint density at radius 2 is 1.58 bits per heavy atom. The van der Waals surface area contributed by atoms with Crippen LogP contribution in [-0.2, 0) is 26.7 Å². The van der Waals surface area contributed by atoms with Crippen molar-refractivity contribution in [1.82, 2.24) is 9.88 Å². The van der Waals surface area contributed by atoms with E-state index in [2.05, 4.69) is 4.98 Å². The number of aromatic nitrogens is 1. The van der Waals surface area contributed by atoms with Crippen LogP contribution in [0.15, 0.2) is 48.8 Å². The van der Waals surface area contributed by atoms with Crippen LogP contribution in [0.3, 0.4) is 0 Å². The van der Waals surface area contributed by atoms with Gasteiger partial charge in [-0.1, -0.05) is 12.1 Å². The summed E-state index contributed by atoms with van der Waals surface area (Å²) in [7, 11) is 0. The first-order chi connectivity index (χ1) is 12.0. The standard InChI is InChI=1S/C19H14N2O4.Ni/c22-14-12-3-1-2-4-13(12)15(23)21(14)16-18(11-5-7-20-8-6-11)9-19(16,10-18)17(24)25;/h1-8,16H,9-10H2,(H,24,25);. The molecule has 3 aliphatic carbocycles. The van der Waals surface area contributed by atoms with Crippen LogP contribution < -0.4 is 0 Å². The number of carboxylic acids is 1. The molecular weight excluding hydrogens is 379 g/mol. The summed E-state index contributed by atoms with van der Waals surface area (Å²) < 4.78 is 0. The number of hydrogen-bond donors (Lipinski definition) is 1. The van der Waals surface area contributed by atoms with Gasteiger partial charge in [0.25, 0.3) is 11.8 Å². The molecule has 2 amide bonds. The fourth-order valence-electron chi connectivity index (χ4n) is 4.98. The van der Waals surface area contributed by atoms with E-state index in [0.29, 0.717) is 24.0 Å². The van der Waals surface area contributed by atoms with E-state index in [1.54, 1.807) is 36.7 Å². The normalized spacial score (nSPS) is 30.8. The largest absolute Gasteiger partial charge is 0.481 e. The van der Waals surface area contributed by atoms with E-state index in [1.165, 1.54) is 4.90 Å². The number of nitrogens with zero attached hydrogens (tertiary/aromatic N) is 2. The summed E-state index contributed by atoms with van der Waals surface area (Å²) in [4.78, 5) is 42.8. The molecule has 6 nitrogen and oxygen atoms in total. The number of fused-ring (bicyclic) bond motifs is 1. The maximum Gasteiger partial charge on any atom is 0.311 e. The maximum absolute atomic E-state index is 12.8. The summed E-state index contributed by atoms with van der Waals surface area (Å²) in [6, 6.07) is 9.69. The van der Waals surface area contributed by atoms with Crippen molar-refractivity contribution in [3.63, 3.8) is 0 Å². The van der Waals surface area contributed by atoms with Gasteiger partial charge < -0.3 is 5.11 Å². The number of pyridine rings is 1. The topological polar surface area (TPSA) is 87.6 Å². The second-order valence-corrected chi connectivity index (χ2v) is 7.14. The monoisotopic (exact) mass is 392 g/mol.